The van der Waals surface area contributed by atoms with Crippen LogP contribution < -0.4 is 10.6 Å². The van der Waals surface area contributed by atoms with Gasteiger partial charge in [0, 0.05) is 17.1 Å². The van der Waals surface area contributed by atoms with E-state index in [9.17, 15) is 14.4 Å². The normalized spacial score (nSPS) is 15.5. The van der Waals surface area contributed by atoms with Gasteiger partial charge in [-0.05, 0) is 84.4 Å². The van der Waals surface area contributed by atoms with E-state index >= 15 is 0 Å². The van der Waals surface area contributed by atoms with E-state index in [-0.39, 0.29) is 23.8 Å². The van der Waals surface area contributed by atoms with Gasteiger partial charge >= 0.3 is 6.09 Å². The van der Waals surface area contributed by atoms with Gasteiger partial charge in [-0.3, -0.25) is 9.59 Å². The van der Waals surface area contributed by atoms with Gasteiger partial charge in [-0.2, -0.15) is 0 Å². The summed E-state index contributed by atoms with van der Waals surface area (Å²) >= 11 is 0. The second-order valence-corrected chi connectivity index (χ2v) is 11.7. The van der Waals surface area contributed by atoms with E-state index in [4.69, 9.17) is 11.2 Å². The molecule has 0 aliphatic heterocycles. The van der Waals surface area contributed by atoms with E-state index < -0.39 is 29.3 Å². The van der Waals surface area contributed by atoms with E-state index in [1.165, 1.54) is 0 Å². The minimum absolute atomic E-state index is 0.0828. The topological polar surface area (TPSA) is 87.7 Å². The van der Waals surface area contributed by atoms with E-state index in [2.05, 4.69) is 16.6 Å². The Morgan fingerprint density at radius 2 is 1.66 bits per heavy atom. The lowest BCUT2D eigenvalue weighted by molar-refractivity contribution is -0.144. The van der Waals surface area contributed by atoms with Crippen LogP contribution in [-0.4, -0.2) is 46.0 Å². The van der Waals surface area contributed by atoms with Gasteiger partial charge in [-0.25, -0.2) is 4.79 Å². The smallest absolute Gasteiger partial charge is 0.408 e. The molecule has 35 heavy (non-hydrogen) atoms. The Kier molecular flexibility index (Phi) is 9.00. The highest BCUT2D eigenvalue weighted by Gasteiger charge is 2.44. The van der Waals surface area contributed by atoms with Crippen LogP contribution in [0.5, 0.6) is 0 Å². The van der Waals surface area contributed by atoms with Gasteiger partial charge in [0.1, 0.15) is 17.7 Å². The number of nitrogens with zero attached hydrogens (tertiary/aromatic N) is 1. The summed E-state index contributed by atoms with van der Waals surface area (Å²) in [6.07, 6.45) is 6.89. The van der Waals surface area contributed by atoms with Crippen molar-refractivity contribution < 1.29 is 19.1 Å². The van der Waals surface area contributed by atoms with Gasteiger partial charge in [0.15, 0.2) is 0 Å². The maximum atomic E-state index is 14.0. The van der Waals surface area contributed by atoms with Crippen molar-refractivity contribution in [3.8, 4) is 12.3 Å². The predicted octanol–water partition coefficient (Wildman–Crippen LogP) is 4.55. The Labute approximate surface area is 210 Å². The number of carbonyl (C=O) groups excluding carboxylic acids is 3. The summed E-state index contributed by atoms with van der Waals surface area (Å²) in [5, 5.41) is 5.80. The van der Waals surface area contributed by atoms with Crippen LogP contribution in [-0.2, 0) is 14.3 Å². The Hall–Kier alpha value is -3.01. The molecule has 0 spiro atoms. The highest BCUT2D eigenvalue weighted by molar-refractivity contribution is 5.92. The van der Waals surface area contributed by atoms with Crippen LogP contribution in [0, 0.1) is 18.3 Å². The maximum absolute atomic E-state index is 14.0. The van der Waals surface area contributed by atoms with Crippen LogP contribution in [0.25, 0.3) is 0 Å². The van der Waals surface area contributed by atoms with Crippen molar-refractivity contribution in [2.24, 2.45) is 5.92 Å². The number of hydrogen-bond acceptors (Lipinski definition) is 4. The molecule has 2 unspecified atom stereocenters. The average molecular weight is 484 g/mol. The molecule has 2 atom stereocenters. The van der Waals surface area contributed by atoms with E-state index in [1.807, 2.05) is 34.6 Å². The molecule has 1 aliphatic carbocycles. The summed E-state index contributed by atoms with van der Waals surface area (Å²) in [5.41, 5.74) is 0.182. The van der Waals surface area contributed by atoms with Gasteiger partial charge in [0.25, 0.3) is 0 Å². The summed E-state index contributed by atoms with van der Waals surface area (Å²) in [5.74, 6) is 2.16. The number of terminal acetylenes is 1. The standard InChI is InChI=1S/C28H41N3O4/c1-10-19-11-13-20(14-12-19)23(24(32)30-27(4,5)6)31(21-15-16-21)25(33)22(17-18(2)3)29-26(34)35-28(7,8)9/h1,11-14,18,21-23H,15-17H2,2-9H3,(H,29,34)(H,30,32). The van der Waals surface area contributed by atoms with Gasteiger partial charge < -0.3 is 20.3 Å². The van der Waals surface area contributed by atoms with Crippen molar-refractivity contribution in [2.75, 3.05) is 0 Å². The molecule has 7 heteroatoms. The molecule has 0 aromatic heterocycles. The van der Waals surface area contributed by atoms with Crippen molar-refractivity contribution in [1.82, 2.24) is 15.5 Å². The lowest BCUT2D eigenvalue weighted by Crippen LogP contribution is -2.55. The first-order chi connectivity index (χ1) is 16.1. The molecule has 1 fully saturated rings. The second kappa shape index (κ2) is 11.2. The zero-order valence-electron chi connectivity index (χ0n) is 22.4. The third-order valence-corrected chi connectivity index (χ3v) is 5.31. The van der Waals surface area contributed by atoms with Crippen molar-refractivity contribution in [3.05, 3.63) is 35.4 Å². The molecule has 1 aliphatic rings. The molecular formula is C28H41N3O4. The lowest BCUT2D eigenvalue weighted by Gasteiger charge is -2.36. The lowest BCUT2D eigenvalue weighted by atomic mass is 9.97. The van der Waals surface area contributed by atoms with E-state index in [0.29, 0.717) is 17.5 Å². The third-order valence-electron chi connectivity index (χ3n) is 5.31. The zero-order valence-corrected chi connectivity index (χ0v) is 22.4. The first-order valence-electron chi connectivity index (χ1n) is 12.3. The van der Waals surface area contributed by atoms with Crippen LogP contribution >= 0.6 is 0 Å². The largest absolute Gasteiger partial charge is 0.444 e. The van der Waals surface area contributed by atoms with Gasteiger partial charge in [-0.15, -0.1) is 6.42 Å². The molecule has 1 aromatic carbocycles. The van der Waals surface area contributed by atoms with Crippen LogP contribution in [0.4, 0.5) is 4.79 Å². The molecule has 1 saturated carbocycles. The van der Waals surface area contributed by atoms with Gasteiger partial charge in [-0.1, -0.05) is 31.9 Å². The molecule has 0 radical (unpaired) electrons. The Bertz CT molecular complexity index is 944. The number of nitrogens with one attached hydrogen (secondary N) is 2. The SMILES string of the molecule is C#Cc1ccc(C(C(=O)NC(C)(C)C)N(C(=O)C(CC(C)C)NC(=O)OC(C)(C)C)C2CC2)cc1. The summed E-state index contributed by atoms with van der Waals surface area (Å²) < 4.78 is 5.42. The number of ether oxygens (including phenoxy) is 1. The second-order valence-electron chi connectivity index (χ2n) is 11.7. The van der Waals surface area contributed by atoms with Crippen molar-refractivity contribution >= 4 is 17.9 Å². The molecule has 7 nitrogen and oxygen atoms in total. The summed E-state index contributed by atoms with van der Waals surface area (Å²) in [7, 11) is 0. The predicted molar refractivity (Wildman–Crippen MR) is 137 cm³/mol. The highest BCUT2D eigenvalue weighted by Crippen LogP contribution is 2.36. The van der Waals surface area contributed by atoms with E-state index in [0.717, 1.165) is 12.8 Å². The molecule has 192 valence electrons. The molecule has 0 saturated heterocycles. The summed E-state index contributed by atoms with van der Waals surface area (Å²) in [6.45, 7) is 15.0. The number of rotatable bonds is 8. The molecule has 3 amide bonds. The van der Waals surface area contributed by atoms with Crippen LogP contribution in [0.15, 0.2) is 24.3 Å². The van der Waals surface area contributed by atoms with Crippen molar-refractivity contribution in [2.45, 2.75) is 104 Å². The third kappa shape index (κ3) is 8.93. The van der Waals surface area contributed by atoms with Gasteiger partial charge in [0.05, 0.1) is 0 Å². The minimum Gasteiger partial charge on any atom is -0.444 e. The molecular weight excluding hydrogens is 442 g/mol. The molecule has 0 heterocycles. The molecule has 1 aromatic rings. The number of alkyl carbamates (subject to hydrolysis) is 1. The minimum atomic E-state index is -0.851. The fourth-order valence-electron chi connectivity index (χ4n) is 3.83. The number of amides is 3. The van der Waals surface area contributed by atoms with Crippen molar-refractivity contribution in [1.29, 1.82) is 0 Å². The maximum Gasteiger partial charge on any atom is 0.408 e. The zero-order chi connectivity index (χ0) is 26.6. The molecule has 2 rings (SSSR count). The molecule has 2 N–H and O–H groups in total. The monoisotopic (exact) mass is 483 g/mol. The van der Waals surface area contributed by atoms with Crippen LogP contribution in [0.3, 0.4) is 0 Å². The van der Waals surface area contributed by atoms with Gasteiger partial charge in [0.2, 0.25) is 11.8 Å². The quantitative estimate of drug-likeness (QED) is 0.531. The van der Waals surface area contributed by atoms with Crippen LogP contribution in [0.2, 0.25) is 0 Å². The number of hydrogen-bond donors (Lipinski definition) is 2. The fraction of sp³-hybridized carbons (Fsp3) is 0.607. The first-order valence-corrected chi connectivity index (χ1v) is 12.3. The van der Waals surface area contributed by atoms with Crippen molar-refractivity contribution in [3.63, 3.8) is 0 Å². The fourth-order valence-corrected chi connectivity index (χ4v) is 3.83. The van der Waals surface area contributed by atoms with Crippen LogP contribution in [0.1, 0.15) is 91.8 Å². The Morgan fingerprint density at radius 3 is 2.09 bits per heavy atom. The summed E-state index contributed by atoms with van der Waals surface area (Å²) in [6, 6.07) is 5.38. The Morgan fingerprint density at radius 1 is 1.09 bits per heavy atom. The highest BCUT2D eigenvalue weighted by atomic mass is 16.6. The number of benzene rings is 1. The van der Waals surface area contributed by atoms with E-state index in [1.54, 1.807) is 49.9 Å². The Balaban J connectivity index is 2.47. The average Bonchev–Trinajstić information content (AvgIpc) is 3.53. The number of carbonyl (C=O) groups is 3. The first kappa shape index (κ1) is 28.2. The molecule has 0 bridgehead atoms. The summed E-state index contributed by atoms with van der Waals surface area (Å²) in [4.78, 5) is 41.8.